The number of aromatic hydroxyl groups is 1. The zero-order valence-electron chi connectivity index (χ0n) is 8.19. The van der Waals surface area contributed by atoms with Gasteiger partial charge in [-0.05, 0) is 12.8 Å². The maximum atomic E-state index is 9.07. The highest BCUT2D eigenvalue weighted by molar-refractivity contribution is 5.30. The second-order valence-corrected chi connectivity index (χ2v) is 3.64. The van der Waals surface area contributed by atoms with E-state index in [2.05, 4.69) is 14.9 Å². The molecule has 0 bridgehead atoms. The molecule has 0 radical (unpaired) electrons. The van der Waals surface area contributed by atoms with E-state index in [1.807, 2.05) is 0 Å². The quantitative estimate of drug-likeness (QED) is 0.735. The van der Waals surface area contributed by atoms with Gasteiger partial charge >= 0.3 is 0 Å². The van der Waals surface area contributed by atoms with Gasteiger partial charge in [-0.2, -0.15) is 0 Å². The Morgan fingerprint density at radius 1 is 1.00 bits per heavy atom. The standard InChI is InChI=1S/C10H15N3O/c14-9-7-11-10(12-8-9)13-5-3-1-2-4-6-13/h7-8,14H,1-6H2. The van der Waals surface area contributed by atoms with Crippen LogP contribution >= 0.6 is 0 Å². The fraction of sp³-hybridized carbons (Fsp3) is 0.600. The van der Waals surface area contributed by atoms with Gasteiger partial charge in [-0.3, -0.25) is 0 Å². The molecule has 2 heterocycles. The molecule has 0 unspecified atom stereocenters. The van der Waals surface area contributed by atoms with Gasteiger partial charge in [0.1, 0.15) is 0 Å². The first-order valence-electron chi connectivity index (χ1n) is 5.12. The van der Waals surface area contributed by atoms with Crippen molar-refractivity contribution in [1.82, 2.24) is 9.97 Å². The number of nitrogens with zero attached hydrogens (tertiary/aromatic N) is 3. The molecule has 1 N–H and O–H groups in total. The average molecular weight is 193 g/mol. The number of aromatic nitrogens is 2. The summed E-state index contributed by atoms with van der Waals surface area (Å²) < 4.78 is 0. The Bertz CT molecular complexity index is 278. The van der Waals surface area contributed by atoms with E-state index in [0.29, 0.717) is 0 Å². The Morgan fingerprint density at radius 3 is 2.14 bits per heavy atom. The van der Waals surface area contributed by atoms with Gasteiger partial charge in [0.05, 0.1) is 12.4 Å². The van der Waals surface area contributed by atoms with Gasteiger partial charge in [0, 0.05) is 13.1 Å². The van der Waals surface area contributed by atoms with Gasteiger partial charge in [0.25, 0.3) is 0 Å². The van der Waals surface area contributed by atoms with Crippen LogP contribution in [0.3, 0.4) is 0 Å². The smallest absolute Gasteiger partial charge is 0.225 e. The van der Waals surface area contributed by atoms with E-state index < -0.39 is 0 Å². The van der Waals surface area contributed by atoms with E-state index in [1.54, 1.807) is 0 Å². The first-order chi connectivity index (χ1) is 6.86. The third-order valence-electron chi connectivity index (χ3n) is 2.51. The third kappa shape index (κ3) is 2.13. The van der Waals surface area contributed by atoms with Crippen LogP contribution in [-0.4, -0.2) is 28.2 Å². The summed E-state index contributed by atoms with van der Waals surface area (Å²) in [4.78, 5) is 10.4. The molecule has 1 aromatic rings. The molecule has 0 saturated carbocycles. The van der Waals surface area contributed by atoms with Gasteiger partial charge in [0.2, 0.25) is 5.95 Å². The van der Waals surface area contributed by atoms with Crippen molar-refractivity contribution in [1.29, 1.82) is 0 Å². The molecule has 1 aromatic heterocycles. The van der Waals surface area contributed by atoms with E-state index in [9.17, 15) is 0 Å². The summed E-state index contributed by atoms with van der Waals surface area (Å²) in [6, 6.07) is 0. The van der Waals surface area contributed by atoms with Crippen LogP contribution in [0.25, 0.3) is 0 Å². The maximum Gasteiger partial charge on any atom is 0.225 e. The second kappa shape index (κ2) is 4.26. The molecule has 1 aliphatic heterocycles. The lowest BCUT2D eigenvalue weighted by Gasteiger charge is -2.19. The van der Waals surface area contributed by atoms with E-state index in [-0.39, 0.29) is 5.75 Å². The zero-order valence-corrected chi connectivity index (χ0v) is 8.19. The highest BCUT2D eigenvalue weighted by atomic mass is 16.3. The summed E-state index contributed by atoms with van der Waals surface area (Å²) in [5.41, 5.74) is 0. The van der Waals surface area contributed by atoms with Gasteiger partial charge in [-0.1, -0.05) is 12.8 Å². The Labute approximate surface area is 83.6 Å². The Balaban J connectivity index is 2.08. The van der Waals surface area contributed by atoms with Gasteiger partial charge in [-0.15, -0.1) is 0 Å². The molecule has 0 aliphatic carbocycles. The van der Waals surface area contributed by atoms with Crippen LogP contribution in [-0.2, 0) is 0 Å². The van der Waals surface area contributed by atoms with E-state index >= 15 is 0 Å². The summed E-state index contributed by atoms with van der Waals surface area (Å²) in [6.45, 7) is 2.07. The molecule has 0 aromatic carbocycles. The Kier molecular flexibility index (Phi) is 2.81. The summed E-state index contributed by atoms with van der Waals surface area (Å²) in [6.07, 6.45) is 7.93. The molecular weight excluding hydrogens is 178 g/mol. The normalized spacial score (nSPS) is 17.9. The average Bonchev–Trinajstić information content (AvgIpc) is 2.47. The Morgan fingerprint density at radius 2 is 1.57 bits per heavy atom. The van der Waals surface area contributed by atoms with Crippen molar-refractivity contribution in [3.63, 3.8) is 0 Å². The first kappa shape index (κ1) is 9.24. The van der Waals surface area contributed by atoms with Gasteiger partial charge in [-0.25, -0.2) is 9.97 Å². The largest absolute Gasteiger partial charge is 0.505 e. The minimum absolute atomic E-state index is 0.128. The van der Waals surface area contributed by atoms with E-state index in [0.717, 1.165) is 19.0 Å². The lowest BCUT2D eigenvalue weighted by atomic mass is 10.2. The van der Waals surface area contributed by atoms with Crippen LogP contribution in [0, 0.1) is 0 Å². The number of rotatable bonds is 1. The van der Waals surface area contributed by atoms with Crippen molar-refractivity contribution in [2.24, 2.45) is 0 Å². The van der Waals surface area contributed by atoms with E-state index in [1.165, 1.54) is 38.1 Å². The zero-order chi connectivity index (χ0) is 9.80. The molecule has 1 saturated heterocycles. The molecule has 4 nitrogen and oxygen atoms in total. The molecule has 1 fully saturated rings. The predicted molar refractivity (Wildman–Crippen MR) is 54.4 cm³/mol. The molecule has 76 valence electrons. The molecule has 4 heteroatoms. The number of hydrogen-bond acceptors (Lipinski definition) is 4. The van der Waals surface area contributed by atoms with E-state index in [4.69, 9.17) is 5.11 Å². The van der Waals surface area contributed by atoms with Crippen LogP contribution in [0.2, 0.25) is 0 Å². The lowest BCUT2D eigenvalue weighted by Crippen LogP contribution is -2.25. The monoisotopic (exact) mass is 193 g/mol. The molecule has 1 aliphatic rings. The fourth-order valence-corrected chi connectivity index (χ4v) is 1.75. The molecule has 0 amide bonds. The fourth-order valence-electron chi connectivity index (χ4n) is 1.75. The minimum Gasteiger partial charge on any atom is -0.505 e. The first-order valence-corrected chi connectivity index (χ1v) is 5.12. The lowest BCUT2D eigenvalue weighted by molar-refractivity contribution is 0.469. The molecule has 2 rings (SSSR count). The summed E-state index contributed by atoms with van der Waals surface area (Å²) in [5.74, 6) is 0.869. The molecule has 14 heavy (non-hydrogen) atoms. The molecular formula is C10H15N3O. The van der Waals surface area contributed by atoms with Crippen LogP contribution in [0.4, 0.5) is 5.95 Å². The van der Waals surface area contributed by atoms with Crippen LogP contribution in [0.1, 0.15) is 25.7 Å². The van der Waals surface area contributed by atoms with Crippen LogP contribution < -0.4 is 4.90 Å². The van der Waals surface area contributed by atoms with Crippen molar-refractivity contribution in [2.75, 3.05) is 18.0 Å². The van der Waals surface area contributed by atoms with Crippen LogP contribution in [0.5, 0.6) is 5.75 Å². The highest BCUT2D eigenvalue weighted by Crippen LogP contribution is 2.16. The highest BCUT2D eigenvalue weighted by Gasteiger charge is 2.11. The summed E-state index contributed by atoms with van der Waals surface area (Å²) in [7, 11) is 0. The molecule has 0 atom stereocenters. The van der Waals surface area contributed by atoms with Crippen molar-refractivity contribution in [2.45, 2.75) is 25.7 Å². The van der Waals surface area contributed by atoms with Crippen molar-refractivity contribution >= 4 is 5.95 Å². The van der Waals surface area contributed by atoms with Gasteiger partial charge < -0.3 is 10.0 Å². The number of anilines is 1. The van der Waals surface area contributed by atoms with Crippen molar-refractivity contribution in [3.8, 4) is 5.75 Å². The summed E-state index contributed by atoms with van der Waals surface area (Å²) >= 11 is 0. The summed E-state index contributed by atoms with van der Waals surface area (Å²) in [5, 5.41) is 9.07. The second-order valence-electron chi connectivity index (χ2n) is 3.64. The maximum absolute atomic E-state index is 9.07. The van der Waals surface area contributed by atoms with Crippen molar-refractivity contribution in [3.05, 3.63) is 12.4 Å². The Hall–Kier alpha value is -1.32. The minimum atomic E-state index is 0.128. The van der Waals surface area contributed by atoms with Gasteiger partial charge in [0.15, 0.2) is 5.75 Å². The third-order valence-corrected chi connectivity index (χ3v) is 2.51. The number of hydrogen-bond donors (Lipinski definition) is 1. The van der Waals surface area contributed by atoms with Crippen LogP contribution in [0.15, 0.2) is 12.4 Å². The van der Waals surface area contributed by atoms with Crippen molar-refractivity contribution < 1.29 is 5.11 Å². The molecule has 0 spiro atoms. The SMILES string of the molecule is Oc1cnc(N2CCCCCC2)nc1. The predicted octanol–water partition coefficient (Wildman–Crippen LogP) is 1.56. The topological polar surface area (TPSA) is 49.3 Å².